The van der Waals surface area contributed by atoms with Crippen molar-refractivity contribution in [1.29, 1.82) is 0 Å². The zero-order valence-corrected chi connectivity index (χ0v) is 9.19. The van der Waals surface area contributed by atoms with Gasteiger partial charge in [-0.3, -0.25) is 4.79 Å². The van der Waals surface area contributed by atoms with Crippen molar-refractivity contribution in [1.82, 2.24) is 0 Å². The standard InChI is InChI=1S/C11H20O4/c1-2-3-4-9(11(13)14)10(12)8-5-6-15-7-8/h8-10,12H,2-7H2,1H3,(H,13,14). The van der Waals surface area contributed by atoms with Crippen LogP contribution in [0.1, 0.15) is 32.6 Å². The van der Waals surface area contributed by atoms with E-state index in [1.807, 2.05) is 6.92 Å². The average Bonchev–Trinajstić information content (AvgIpc) is 2.70. The molecule has 0 spiro atoms. The average molecular weight is 216 g/mol. The molecule has 1 saturated heterocycles. The van der Waals surface area contributed by atoms with Crippen LogP contribution in [0.3, 0.4) is 0 Å². The van der Waals surface area contributed by atoms with E-state index >= 15 is 0 Å². The summed E-state index contributed by atoms with van der Waals surface area (Å²) in [5.74, 6) is -1.51. The second-order valence-corrected chi connectivity index (χ2v) is 4.20. The first-order chi connectivity index (χ1) is 7.16. The molecule has 3 unspecified atom stereocenters. The Labute approximate surface area is 90.2 Å². The van der Waals surface area contributed by atoms with Gasteiger partial charge in [-0.05, 0) is 12.8 Å². The van der Waals surface area contributed by atoms with E-state index in [0.717, 1.165) is 19.3 Å². The van der Waals surface area contributed by atoms with Crippen LogP contribution in [-0.4, -0.2) is 35.5 Å². The number of hydrogen-bond acceptors (Lipinski definition) is 3. The van der Waals surface area contributed by atoms with Gasteiger partial charge in [-0.15, -0.1) is 0 Å². The van der Waals surface area contributed by atoms with Crippen molar-refractivity contribution >= 4 is 5.97 Å². The number of hydrogen-bond donors (Lipinski definition) is 2. The molecule has 0 aromatic heterocycles. The monoisotopic (exact) mass is 216 g/mol. The summed E-state index contributed by atoms with van der Waals surface area (Å²) in [6.07, 6.45) is 2.39. The fourth-order valence-corrected chi connectivity index (χ4v) is 2.01. The van der Waals surface area contributed by atoms with Crippen molar-refractivity contribution in [2.45, 2.75) is 38.7 Å². The molecule has 1 aliphatic heterocycles. The lowest BCUT2D eigenvalue weighted by Crippen LogP contribution is -2.34. The summed E-state index contributed by atoms with van der Waals surface area (Å²) in [5, 5.41) is 19.0. The molecule has 0 aliphatic carbocycles. The maximum absolute atomic E-state index is 11.0. The van der Waals surface area contributed by atoms with Crippen LogP contribution in [0.2, 0.25) is 0 Å². The molecule has 0 radical (unpaired) electrons. The number of carboxylic acids is 1. The highest BCUT2D eigenvalue weighted by molar-refractivity contribution is 5.70. The lowest BCUT2D eigenvalue weighted by molar-refractivity contribution is -0.147. The van der Waals surface area contributed by atoms with Gasteiger partial charge in [0.05, 0.1) is 18.6 Å². The Morgan fingerprint density at radius 1 is 1.60 bits per heavy atom. The first-order valence-corrected chi connectivity index (χ1v) is 5.65. The molecule has 0 aromatic carbocycles. The molecule has 2 N–H and O–H groups in total. The maximum atomic E-state index is 11.0. The Hall–Kier alpha value is -0.610. The number of rotatable bonds is 6. The summed E-state index contributed by atoms with van der Waals surface area (Å²) in [6.45, 7) is 3.16. The minimum absolute atomic E-state index is 0.00274. The summed E-state index contributed by atoms with van der Waals surface area (Å²) in [4.78, 5) is 11.0. The predicted molar refractivity (Wildman–Crippen MR) is 55.6 cm³/mol. The highest BCUT2D eigenvalue weighted by Gasteiger charge is 2.34. The molecule has 0 amide bonds. The lowest BCUT2D eigenvalue weighted by Gasteiger charge is -2.23. The lowest BCUT2D eigenvalue weighted by atomic mass is 9.87. The van der Waals surface area contributed by atoms with Crippen molar-refractivity contribution in [3.63, 3.8) is 0 Å². The number of aliphatic carboxylic acids is 1. The maximum Gasteiger partial charge on any atom is 0.309 e. The number of aliphatic hydroxyl groups is 1. The topological polar surface area (TPSA) is 66.8 Å². The first kappa shape index (κ1) is 12.5. The Kier molecular flexibility index (Phi) is 5.05. The second kappa shape index (κ2) is 6.08. The third-order valence-corrected chi connectivity index (χ3v) is 3.05. The van der Waals surface area contributed by atoms with Crippen molar-refractivity contribution in [2.75, 3.05) is 13.2 Å². The van der Waals surface area contributed by atoms with Crippen molar-refractivity contribution in [3.8, 4) is 0 Å². The second-order valence-electron chi connectivity index (χ2n) is 4.20. The summed E-state index contributed by atoms with van der Waals surface area (Å²) < 4.78 is 5.16. The predicted octanol–water partition coefficient (Wildman–Crippen LogP) is 1.27. The fourth-order valence-electron chi connectivity index (χ4n) is 2.01. The third kappa shape index (κ3) is 3.47. The Morgan fingerprint density at radius 3 is 2.80 bits per heavy atom. The van der Waals surface area contributed by atoms with Crippen LogP contribution >= 0.6 is 0 Å². The molecule has 15 heavy (non-hydrogen) atoms. The Bertz CT molecular complexity index is 199. The van der Waals surface area contributed by atoms with Gasteiger partial charge >= 0.3 is 5.97 Å². The molecule has 1 fully saturated rings. The van der Waals surface area contributed by atoms with Gasteiger partial charge in [0.2, 0.25) is 0 Å². The smallest absolute Gasteiger partial charge is 0.309 e. The van der Waals surface area contributed by atoms with Crippen LogP contribution in [0.15, 0.2) is 0 Å². The molecular formula is C11H20O4. The molecule has 88 valence electrons. The minimum Gasteiger partial charge on any atom is -0.481 e. The van der Waals surface area contributed by atoms with Gasteiger partial charge in [-0.1, -0.05) is 19.8 Å². The van der Waals surface area contributed by atoms with E-state index in [9.17, 15) is 9.90 Å². The zero-order chi connectivity index (χ0) is 11.3. The molecule has 3 atom stereocenters. The zero-order valence-electron chi connectivity index (χ0n) is 9.19. The molecule has 0 saturated carbocycles. The normalized spacial score (nSPS) is 25.1. The van der Waals surface area contributed by atoms with Crippen LogP contribution in [-0.2, 0) is 9.53 Å². The van der Waals surface area contributed by atoms with E-state index in [2.05, 4.69) is 0 Å². The Morgan fingerprint density at radius 2 is 2.33 bits per heavy atom. The SMILES string of the molecule is CCCCC(C(=O)O)C(O)C1CCOC1. The third-order valence-electron chi connectivity index (χ3n) is 3.05. The summed E-state index contributed by atoms with van der Waals surface area (Å²) >= 11 is 0. The van der Waals surface area contributed by atoms with Crippen molar-refractivity contribution in [2.24, 2.45) is 11.8 Å². The molecule has 1 heterocycles. The van der Waals surface area contributed by atoms with E-state index in [0.29, 0.717) is 19.6 Å². The van der Waals surface area contributed by atoms with Gasteiger partial charge in [0, 0.05) is 12.5 Å². The van der Waals surface area contributed by atoms with Gasteiger partial charge < -0.3 is 14.9 Å². The van der Waals surface area contributed by atoms with Gasteiger partial charge in [0.1, 0.15) is 0 Å². The number of carboxylic acid groups (broad SMARTS) is 1. The first-order valence-electron chi connectivity index (χ1n) is 5.65. The van der Waals surface area contributed by atoms with Gasteiger partial charge in [0.15, 0.2) is 0 Å². The van der Waals surface area contributed by atoms with Crippen LogP contribution in [0, 0.1) is 11.8 Å². The van der Waals surface area contributed by atoms with Crippen LogP contribution in [0.25, 0.3) is 0 Å². The fraction of sp³-hybridized carbons (Fsp3) is 0.909. The van der Waals surface area contributed by atoms with E-state index in [4.69, 9.17) is 9.84 Å². The number of ether oxygens (including phenoxy) is 1. The van der Waals surface area contributed by atoms with Crippen molar-refractivity contribution in [3.05, 3.63) is 0 Å². The summed E-state index contributed by atoms with van der Waals surface area (Å²) in [5.41, 5.74) is 0. The van der Waals surface area contributed by atoms with Gasteiger partial charge in [-0.2, -0.15) is 0 Å². The molecule has 0 bridgehead atoms. The van der Waals surface area contributed by atoms with Crippen LogP contribution < -0.4 is 0 Å². The highest BCUT2D eigenvalue weighted by atomic mass is 16.5. The molecule has 0 aromatic rings. The van der Waals surface area contributed by atoms with E-state index in [1.54, 1.807) is 0 Å². The largest absolute Gasteiger partial charge is 0.481 e. The van der Waals surface area contributed by atoms with Gasteiger partial charge in [-0.25, -0.2) is 0 Å². The quantitative estimate of drug-likeness (QED) is 0.701. The van der Waals surface area contributed by atoms with E-state index < -0.39 is 18.0 Å². The molecule has 4 heteroatoms. The van der Waals surface area contributed by atoms with E-state index in [-0.39, 0.29) is 5.92 Å². The Balaban J connectivity index is 2.49. The number of unbranched alkanes of at least 4 members (excludes halogenated alkanes) is 1. The molecule has 4 nitrogen and oxygen atoms in total. The minimum atomic E-state index is -0.886. The van der Waals surface area contributed by atoms with Crippen molar-refractivity contribution < 1.29 is 19.7 Å². The van der Waals surface area contributed by atoms with E-state index in [1.165, 1.54) is 0 Å². The number of aliphatic hydroxyl groups excluding tert-OH is 1. The summed E-state index contributed by atoms with van der Waals surface area (Å²) in [6, 6.07) is 0. The molecule has 1 rings (SSSR count). The highest BCUT2D eigenvalue weighted by Crippen LogP contribution is 2.25. The van der Waals surface area contributed by atoms with Crippen LogP contribution in [0.5, 0.6) is 0 Å². The number of carbonyl (C=O) groups is 1. The van der Waals surface area contributed by atoms with Crippen LogP contribution in [0.4, 0.5) is 0 Å². The molecule has 1 aliphatic rings. The molecular weight excluding hydrogens is 196 g/mol. The van der Waals surface area contributed by atoms with Gasteiger partial charge in [0.25, 0.3) is 0 Å². The summed E-state index contributed by atoms with van der Waals surface area (Å²) in [7, 11) is 0.